The second kappa shape index (κ2) is 5.35. The van der Waals surface area contributed by atoms with Crippen LogP contribution in [-0.4, -0.2) is 29.9 Å². The van der Waals surface area contributed by atoms with Crippen molar-refractivity contribution in [3.8, 4) is 0 Å². The average molecular weight is 198 g/mol. The van der Waals surface area contributed by atoms with Gasteiger partial charge in [-0.15, -0.1) is 0 Å². The van der Waals surface area contributed by atoms with Gasteiger partial charge in [0.2, 0.25) is 5.91 Å². The van der Waals surface area contributed by atoms with Gasteiger partial charge in [-0.1, -0.05) is 0 Å². The molecule has 0 aromatic heterocycles. The Hall–Kier alpha value is -0.570. The number of nitrogens with two attached hydrogens (primary N) is 1. The van der Waals surface area contributed by atoms with Crippen LogP contribution in [0.3, 0.4) is 0 Å². The molecule has 1 aliphatic carbocycles. The normalized spacial score (nSPS) is 16.0. The summed E-state index contributed by atoms with van der Waals surface area (Å²) in [6.45, 7) is 5.74. The molecule has 0 atom stereocenters. The topological polar surface area (TPSA) is 46.3 Å². The lowest BCUT2D eigenvalue weighted by molar-refractivity contribution is -0.133. The maximum atomic E-state index is 11.8. The van der Waals surface area contributed by atoms with Crippen LogP contribution in [0.2, 0.25) is 0 Å². The molecule has 0 radical (unpaired) electrons. The lowest BCUT2D eigenvalue weighted by atomic mass is 10.2. The van der Waals surface area contributed by atoms with E-state index in [1.807, 2.05) is 4.90 Å². The van der Waals surface area contributed by atoms with Crippen LogP contribution in [0.15, 0.2) is 0 Å². The van der Waals surface area contributed by atoms with Gasteiger partial charge in [-0.3, -0.25) is 4.79 Å². The molecule has 0 bridgehead atoms. The van der Waals surface area contributed by atoms with Crippen molar-refractivity contribution in [2.75, 3.05) is 13.1 Å². The van der Waals surface area contributed by atoms with Crippen LogP contribution in [0.1, 0.15) is 39.5 Å². The van der Waals surface area contributed by atoms with Crippen molar-refractivity contribution in [2.45, 2.75) is 45.6 Å². The number of carbonyl (C=O) groups excluding carboxylic acids is 1. The van der Waals surface area contributed by atoms with Crippen molar-refractivity contribution in [1.29, 1.82) is 0 Å². The quantitative estimate of drug-likeness (QED) is 0.700. The van der Waals surface area contributed by atoms with E-state index in [2.05, 4.69) is 13.8 Å². The molecule has 1 aliphatic rings. The molecular weight excluding hydrogens is 176 g/mol. The first-order chi connectivity index (χ1) is 6.65. The Bertz CT molecular complexity index is 188. The zero-order chi connectivity index (χ0) is 10.6. The molecule has 82 valence electrons. The Balaban J connectivity index is 2.35. The maximum Gasteiger partial charge on any atom is 0.222 e. The second-order valence-electron chi connectivity index (χ2n) is 4.48. The van der Waals surface area contributed by atoms with E-state index >= 15 is 0 Å². The molecular formula is C11H22N2O. The van der Waals surface area contributed by atoms with Gasteiger partial charge < -0.3 is 10.6 Å². The summed E-state index contributed by atoms with van der Waals surface area (Å²) >= 11 is 0. The predicted molar refractivity (Wildman–Crippen MR) is 57.9 cm³/mol. The number of amides is 1. The van der Waals surface area contributed by atoms with E-state index in [4.69, 9.17) is 5.73 Å². The van der Waals surface area contributed by atoms with Gasteiger partial charge in [0.05, 0.1) is 0 Å². The highest BCUT2D eigenvalue weighted by Gasteiger charge is 2.27. The van der Waals surface area contributed by atoms with Crippen LogP contribution < -0.4 is 5.73 Å². The number of nitrogens with zero attached hydrogens (tertiary/aromatic N) is 1. The van der Waals surface area contributed by atoms with Crippen molar-refractivity contribution in [1.82, 2.24) is 4.90 Å². The third-order valence-corrected chi connectivity index (χ3v) is 2.69. The van der Waals surface area contributed by atoms with E-state index in [-0.39, 0.29) is 5.91 Å². The average Bonchev–Trinajstić information content (AvgIpc) is 2.93. The molecule has 2 N–H and O–H groups in total. The molecule has 1 saturated carbocycles. The zero-order valence-corrected chi connectivity index (χ0v) is 9.33. The van der Waals surface area contributed by atoms with E-state index in [9.17, 15) is 4.79 Å². The van der Waals surface area contributed by atoms with Crippen LogP contribution >= 0.6 is 0 Å². The summed E-state index contributed by atoms with van der Waals surface area (Å²) in [6.07, 6.45) is 4.02. The minimum absolute atomic E-state index is 0.275. The molecule has 1 amide bonds. The lowest BCUT2D eigenvalue weighted by Gasteiger charge is -2.26. The smallest absolute Gasteiger partial charge is 0.222 e. The zero-order valence-electron chi connectivity index (χ0n) is 9.33. The molecule has 0 aromatic rings. The summed E-state index contributed by atoms with van der Waals surface area (Å²) in [6, 6.07) is 0.334. The van der Waals surface area contributed by atoms with Gasteiger partial charge in [-0.2, -0.15) is 0 Å². The van der Waals surface area contributed by atoms with Gasteiger partial charge in [0, 0.05) is 19.0 Å². The molecule has 0 heterocycles. The van der Waals surface area contributed by atoms with Gasteiger partial charge in [0.25, 0.3) is 0 Å². The molecule has 1 fully saturated rings. The fourth-order valence-corrected chi connectivity index (χ4v) is 1.58. The SMILES string of the molecule is CC(C)N(CC1CC1)C(=O)CCCN. The Kier molecular flexibility index (Phi) is 4.39. The largest absolute Gasteiger partial charge is 0.340 e. The molecule has 0 unspecified atom stereocenters. The Labute approximate surface area is 86.6 Å². The molecule has 1 rings (SSSR count). The van der Waals surface area contributed by atoms with Crippen LogP contribution in [0.25, 0.3) is 0 Å². The Morgan fingerprint density at radius 1 is 1.50 bits per heavy atom. The van der Waals surface area contributed by atoms with Gasteiger partial charge in [-0.25, -0.2) is 0 Å². The number of carbonyl (C=O) groups is 1. The summed E-state index contributed by atoms with van der Waals surface area (Å²) in [5.74, 6) is 1.05. The highest BCUT2D eigenvalue weighted by Crippen LogP contribution is 2.30. The fraction of sp³-hybridized carbons (Fsp3) is 0.909. The van der Waals surface area contributed by atoms with Crippen LogP contribution in [-0.2, 0) is 4.79 Å². The van der Waals surface area contributed by atoms with Gasteiger partial charge in [-0.05, 0) is 45.6 Å². The predicted octanol–water partition coefficient (Wildman–Crippen LogP) is 1.37. The van der Waals surface area contributed by atoms with Crippen LogP contribution in [0.5, 0.6) is 0 Å². The number of hydrogen-bond donors (Lipinski definition) is 1. The maximum absolute atomic E-state index is 11.8. The van der Waals surface area contributed by atoms with E-state index in [0.717, 1.165) is 18.9 Å². The number of hydrogen-bond acceptors (Lipinski definition) is 2. The fourth-order valence-electron chi connectivity index (χ4n) is 1.58. The third-order valence-electron chi connectivity index (χ3n) is 2.69. The summed E-state index contributed by atoms with van der Waals surface area (Å²) in [4.78, 5) is 13.8. The van der Waals surface area contributed by atoms with E-state index < -0.39 is 0 Å². The monoisotopic (exact) mass is 198 g/mol. The molecule has 14 heavy (non-hydrogen) atoms. The molecule has 3 heteroatoms. The van der Waals surface area contributed by atoms with Crippen molar-refractivity contribution in [3.05, 3.63) is 0 Å². The minimum Gasteiger partial charge on any atom is -0.340 e. The third kappa shape index (κ3) is 3.66. The van der Waals surface area contributed by atoms with Crippen molar-refractivity contribution in [3.63, 3.8) is 0 Å². The summed E-state index contributed by atoms with van der Waals surface area (Å²) in [5, 5.41) is 0. The van der Waals surface area contributed by atoms with E-state index in [1.165, 1.54) is 12.8 Å². The van der Waals surface area contributed by atoms with E-state index in [0.29, 0.717) is 19.0 Å². The first-order valence-electron chi connectivity index (χ1n) is 5.64. The first kappa shape index (κ1) is 11.5. The summed E-state index contributed by atoms with van der Waals surface area (Å²) in [5.41, 5.74) is 5.40. The van der Waals surface area contributed by atoms with Gasteiger partial charge in [0.1, 0.15) is 0 Å². The van der Waals surface area contributed by atoms with Gasteiger partial charge >= 0.3 is 0 Å². The lowest BCUT2D eigenvalue weighted by Crippen LogP contribution is -2.38. The van der Waals surface area contributed by atoms with Crippen LogP contribution in [0.4, 0.5) is 0 Å². The summed E-state index contributed by atoms with van der Waals surface area (Å²) < 4.78 is 0. The highest BCUT2D eigenvalue weighted by atomic mass is 16.2. The second-order valence-corrected chi connectivity index (χ2v) is 4.48. The molecule has 3 nitrogen and oxygen atoms in total. The standard InChI is InChI=1S/C11H22N2O/c1-9(2)13(8-10-5-6-10)11(14)4-3-7-12/h9-10H,3-8,12H2,1-2H3. The van der Waals surface area contributed by atoms with Gasteiger partial charge in [0.15, 0.2) is 0 Å². The molecule has 0 saturated heterocycles. The van der Waals surface area contributed by atoms with Crippen LogP contribution in [0, 0.1) is 5.92 Å². The highest BCUT2D eigenvalue weighted by molar-refractivity contribution is 5.76. The van der Waals surface area contributed by atoms with Crippen molar-refractivity contribution < 1.29 is 4.79 Å². The molecule has 0 aliphatic heterocycles. The molecule has 0 spiro atoms. The minimum atomic E-state index is 0.275. The van der Waals surface area contributed by atoms with Crippen molar-refractivity contribution in [2.24, 2.45) is 11.7 Å². The Morgan fingerprint density at radius 2 is 2.14 bits per heavy atom. The molecule has 0 aromatic carbocycles. The Morgan fingerprint density at radius 3 is 2.57 bits per heavy atom. The summed E-state index contributed by atoms with van der Waals surface area (Å²) in [7, 11) is 0. The number of rotatable bonds is 6. The van der Waals surface area contributed by atoms with E-state index in [1.54, 1.807) is 0 Å². The first-order valence-corrected chi connectivity index (χ1v) is 5.64. The van der Waals surface area contributed by atoms with Crippen molar-refractivity contribution >= 4 is 5.91 Å².